The minimum Gasteiger partial charge on any atom is -0.372 e. The summed E-state index contributed by atoms with van der Waals surface area (Å²) in [6.07, 6.45) is 0.725. The standard InChI is InChI=1S/C10H14N2O4/c1-5-3-12(10(14)11-9(5)13)8-2-6-7(16-8)4-15-6/h5-8H,2-4H2,1H3,(H,11,13,14)/t5-,6-,7+,8-/m1/s1. The molecule has 3 saturated heterocycles. The van der Waals surface area contributed by atoms with Gasteiger partial charge in [0.15, 0.2) is 0 Å². The summed E-state index contributed by atoms with van der Waals surface area (Å²) >= 11 is 0. The van der Waals surface area contributed by atoms with E-state index in [1.165, 1.54) is 0 Å². The molecular weight excluding hydrogens is 212 g/mol. The number of amides is 3. The average Bonchev–Trinajstić information content (AvgIpc) is 2.49. The Morgan fingerprint density at radius 2 is 2.19 bits per heavy atom. The third-order valence-corrected chi connectivity index (χ3v) is 3.41. The van der Waals surface area contributed by atoms with E-state index in [1.54, 1.807) is 11.8 Å². The SMILES string of the molecule is C[C@@H]1CN([C@H]2C[C@H]3OC[C@@H]3O2)C(=O)NC1=O. The topological polar surface area (TPSA) is 67.9 Å². The largest absolute Gasteiger partial charge is 0.372 e. The van der Waals surface area contributed by atoms with Gasteiger partial charge in [-0.15, -0.1) is 0 Å². The molecule has 0 aromatic heterocycles. The summed E-state index contributed by atoms with van der Waals surface area (Å²) in [6.45, 7) is 2.84. The number of carbonyl (C=O) groups excluding carboxylic acids is 2. The summed E-state index contributed by atoms with van der Waals surface area (Å²) in [5.74, 6) is -0.390. The van der Waals surface area contributed by atoms with Crippen LogP contribution in [0.5, 0.6) is 0 Å². The van der Waals surface area contributed by atoms with Crippen LogP contribution in [0.25, 0.3) is 0 Å². The molecule has 0 aromatic rings. The van der Waals surface area contributed by atoms with Gasteiger partial charge in [-0.1, -0.05) is 6.92 Å². The van der Waals surface area contributed by atoms with Gasteiger partial charge in [0.2, 0.25) is 5.91 Å². The zero-order valence-electron chi connectivity index (χ0n) is 9.01. The number of ether oxygens (including phenoxy) is 2. The minimum atomic E-state index is -0.352. The highest BCUT2D eigenvalue weighted by molar-refractivity contribution is 5.97. The normalized spacial score (nSPS) is 42.7. The average molecular weight is 226 g/mol. The summed E-state index contributed by atoms with van der Waals surface area (Å²) in [6, 6.07) is -0.352. The molecule has 3 fully saturated rings. The number of carbonyl (C=O) groups is 2. The van der Waals surface area contributed by atoms with Crippen molar-refractivity contribution in [2.75, 3.05) is 13.2 Å². The van der Waals surface area contributed by atoms with Crippen LogP contribution in [0.1, 0.15) is 13.3 Å². The van der Waals surface area contributed by atoms with E-state index in [0.29, 0.717) is 19.6 Å². The first kappa shape index (κ1) is 10.0. The third-order valence-electron chi connectivity index (χ3n) is 3.41. The predicted octanol–water partition coefficient (Wildman–Crippen LogP) is -0.312. The van der Waals surface area contributed by atoms with Crippen molar-refractivity contribution in [3.63, 3.8) is 0 Å². The van der Waals surface area contributed by atoms with Gasteiger partial charge < -0.3 is 9.47 Å². The van der Waals surface area contributed by atoms with Crippen LogP contribution in [0.2, 0.25) is 0 Å². The molecule has 0 saturated carbocycles. The van der Waals surface area contributed by atoms with Crippen molar-refractivity contribution in [3.05, 3.63) is 0 Å². The Morgan fingerprint density at radius 1 is 1.38 bits per heavy atom. The number of imide groups is 1. The van der Waals surface area contributed by atoms with Gasteiger partial charge in [-0.25, -0.2) is 4.79 Å². The first-order valence-electron chi connectivity index (χ1n) is 5.53. The number of hydrogen-bond donors (Lipinski definition) is 1. The lowest BCUT2D eigenvalue weighted by Gasteiger charge is -2.34. The molecule has 1 N–H and O–H groups in total. The van der Waals surface area contributed by atoms with Crippen molar-refractivity contribution >= 4 is 11.9 Å². The maximum Gasteiger partial charge on any atom is 0.326 e. The molecule has 0 spiro atoms. The van der Waals surface area contributed by atoms with Gasteiger partial charge in [0.1, 0.15) is 12.3 Å². The zero-order valence-corrected chi connectivity index (χ0v) is 9.01. The second-order valence-electron chi connectivity index (χ2n) is 4.58. The van der Waals surface area contributed by atoms with Crippen LogP contribution >= 0.6 is 0 Å². The monoisotopic (exact) mass is 226 g/mol. The molecule has 3 rings (SSSR count). The van der Waals surface area contributed by atoms with Crippen molar-refractivity contribution in [1.29, 1.82) is 0 Å². The van der Waals surface area contributed by atoms with E-state index in [1.807, 2.05) is 0 Å². The van der Waals surface area contributed by atoms with Gasteiger partial charge in [0.25, 0.3) is 0 Å². The Bertz CT molecular complexity index is 334. The molecule has 0 bridgehead atoms. The number of rotatable bonds is 1. The number of hydrogen-bond acceptors (Lipinski definition) is 4. The number of nitrogens with zero attached hydrogens (tertiary/aromatic N) is 1. The number of nitrogens with one attached hydrogen (secondary N) is 1. The van der Waals surface area contributed by atoms with Crippen LogP contribution in [-0.4, -0.2) is 48.4 Å². The molecule has 3 heterocycles. The molecule has 3 amide bonds. The van der Waals surface area contributed by atoms with Crippen molar-refractivity contribution in [2.45, 2.75) is 31.8 Å². The van der Waals surface area contributed by atoms with Crippen LogP contribution in [0.4, 0.5) is 4.79 Å². The van der Waals surface area contributed by atoms with Gasteiger partial charge >= 0.3 is 6.03 Å². The molecule has 6 nitrogen and oxygen atoms in total. The Morgan fingerprint density at radius 3 is 2.75 bits per heavy atom. The van der Waals surface area contributed by atoms with Gasteiger partial charge in [0, 0.05) is 13.0 Å². The summed E-state index contributed by atoms with van der Waals surface area (Å²) < 4.78 is 11.0. The van der Waals surface area contributed by atoms with Crippen molar-refractivity contribution < 1.29 is 19.1 Å². The van der Waals surface area contributed by atoms with E-state index in [0.717, 1.165) is 0 Å². The minimum absolute atomic E-state index is 0.130. The molecule has 3 aliphatic rings. The summed E-state index contributed by atoms with van der Waals surface area (Å²) in [5, 5.41) is 2.33. The summed E-state index contributed by atoms with van der Waals surface area (Å²) in [5.41, 5.74) is 0. The third kappa shape index (κ3) is 1.41. The van der Waals surface area contributed by atoms with Crippen molar-refractivity contribution in [2.24, 2.45) is 5.92 Å². The lowest BCUT2D eigenvalue weighted by molar-refractivity contribution is -0.155. The molecule has 0 aliphatic carbocycles. The van der Waals surface area contributed by atoms with E-state index >= 15 is 0 Å². The number of urea groups is 1. The van der Waals surface area contributed by atoms with Crippen LogP contribution in [-0.2, 0) is 14.3 Å². The molecular formula is C10H14N2O4. The fraction of sp³-hybridized carbons (Fsp3) is 0.800. The molecule has 88 valence electrons. The van der Waals surface area contributed by atoms with Gasteiger partial charge in [-0.3, -0.25) is 15.0 Å². The van der Waals surface area contributed by atoms with E-state index < -0.39 is 0 Å². The second kappa shape index (κ2) is 3.43. The molecule has 3 aliphatic heterocycles. The molecule has 4 atom stereocenters. The summed E-state index contributed by atoms with van der Waals surface area (Å²) in [4.78, 5) is 24.5. The van der Waals surface area contributed by atoms with Crippen LogP contribution in [0.3, 0.4) is 0 Å². The van der Waals surface area contributed by atoms with Crippen molar-refractivity contribution in [1.82, 2.24) is 10.2 Å². The highest BCUT2D eigenvalue weighted by atomic mass is 16.6. The van der Waals surface area contributed by atoms with Crippen LogP contribution in [0, 0.1) is 5.92 Å². The molecule has 6 heteroatoms. The predicted molar refractivity (Wildman–Crippen MR) is 52.4 cm³/mol. The number of fused-ring (bicyclic) bond motifs is 1. The first-order chi connectivity index (χ1) is 7.65. The van der Waals surface area contributed by atoms with Crippen LogP contribution < -0.4 is 5.32 Å². The van der Waals surface area contributed by atoms with E-state index in [4.69, 9.17) is 9.47 Å². The maximum absolute atomic E-state index is 11.6. The lowest BCUT2D eigenvalue weighted by Crippen LogP contribution is -2.57. The molecule has 16 heavy (non-hydrogen) atoms. The highest BCUT2D eigenvalue weighted by Gasteiger charge is 2.47. The zero-order chi connectivity index (χ0) is 11.3. The van der Waals surface area contributed by atoms with E-state index in [2.05, 4.69) is 5.32 Å². The van der Waals surface area contributed by atoms with Gasteiger partial charge in [0.05, 0.1) is 18.6 Å². The fourth-order valence-corrected chi connectivity index (χ4v) is 2.32. The second-order valence-corrected chi connectivity index (χ2v) is 4.58. The smallest absolute Gasteiger partial charge is 0.326 e. The summed E-state index contributed by atoms with van der Waals surface area (Å²) in [7, 11) is 0. The van der Waals surface area contributed by atoms with Gasteiger partial charge in [-0.2, -0.15) is 0 Å². The van der Waals surface area contributed by atoms with E-state index in [9.17, 15) is 9.59 Å². The maximum atomic E-state index is 11.6. The van der Waals surface area contributed by atoms with Gasteiger partial charge in [-0.05, 0) is 0 Å². The highest BCUT2D eigenvalue weighted by Crippen LogP contribution is 2.33. The Balaban J connectivity index is 1.70. The Labute approximate surface area is 92.9 Å². The van der Waals surface area contributed by atoms with Crippen molar-refractivity contribution in [3.8, 4) is 0 Å². The molecule has 0 aromatic carbocycles. The molecule has 0 unspecified atom stereocenters. The quantitative estimate of drug-likeness (QED) is 0.666. The fourth-order valence-electron chi connectivity index (χ4n) is 2.32. The Hall–Kier alpha value is -1.14. The first-order valence-corrected chi connectivity index (χ1v) is 5.53. The molecule has 0 radical (unpaired) electrons. The van der Waals surface area contributed by atoms with Crippen LogP contribution in [0.15, 0.2) is 0 Å². The Kier molecular flexibility index (Phi) is 2.15. The van der Waals surface area contributed by atoms with E-state index in [-0.39, 0.29) is 36.3 Å². The lowest BCUT2D eigenvalue weighted by atomic mass is 10.1.